The molecule has 2 heterocycles. The Balaban J connectivity index is 1.69. The first-order valence-corrected chi connectivity index (χ1v) is 9.79. The van der Waals surface area contributed by atoms with Crippen LogP contribution in [0.25, 0.3) is 11.1 Å². The number of ether oxygens (including phenoxy) is 2. The second-order valence-corrected chi connectivity index (χ2v) is 7.25. The van der Waals surface area contributed by atoms with E-state index in [1.807, 2.05) is 0 Å². The molecule has 166 valence electrons. The van der Waals surface area contributed by atoms with Gasteiger partial charge in [0.1, 0.15) is 11.6 Å². The molecule has 1 saturated heterocycles. The molecule has 1 aromatic heterocycles. The Morgan fingerprint density at radius 3 is 2.66 bits per heavy atom. The maximum absolute atomic E-state index is 13.8. The Bertz CT molecular complexity index is 1130. The molecule has 1 N–H and O–H groups in total. The highest BCUT2D eigenvalue weighted by molar-refractivity contribution is 5.95. The Labute approximate surface area is 181 Å². The van der Waals surface area contributed by atoms with Crippen molar-refractivity contribution < 1.29 is 31.8 Å². The van der Waals surface area contributed by atoms with Gasteiger partial charge in [-0.25, -0.2) is 9.37 Å². The quantitative estimate of drug-likeness (QED) is 0.546. The smallest absolute Gasteiger partial charge is 0.416 e. The van der Waals surface area contributed by atoms with E-state index in [1.54, 1.807) is 6.07 Å². The lowest BCUT2D eigenvalue weighted by Gasteiger charge is -2.15. The molecule has 0 spiro atoms. The van der Waals surface area contributed by atoms with Crippen molar-refractivity contribution >= 4 is 5.91 Å². The van der Waals surface area contributed by atoms with Gasteiger partial charge in [0.05, 0.1) is 23.8 Å². The van der Waals surface area contributed by atoms with Crippen molar-refractivity contribution in [3.05, 3.63) is 77.7 Å². The van der Waals surface area contributed by atoms with Gasteiger partial charge in [-0.1, -0.05) is 18.2 Å². The number of hydrogen-bond donors (Lipinski definition) is 1. The number of carbonyl (C=O) groups excluding carboxylic acids is 1. The van der Waals surface area contributed by atoms with Crippen LogP contribution in [0.3, 0.4) is 0 Å². The molecule has 0 unspecified atom stereocenters. The summed E-state index contributed by atoms with van der Waals surface area (Å²) in [5.41, 5.74) is -0.0554. The fourth-order valence-corrected chi connectivity index (χ4v) is 3.29. The van der Waals surface area contributed by atoms with Gasteiger partial charge >= 0.3 is 6.18 Å². The van der Waals surface area contributed by atoms with Gasteiger partial charge in [0, 0.05) is 18.4 Å². The molecule has 0 saturated carbocycles. The summed E-state index contributed by atoms with van der Waals surface area (Å²) in [6.45, 7) is 0.966. The average Bonchev–Trinajstić information content (AvgIpc) is 3.26. The number of hydrogen-bond acceptors (Lipinski definition) is 4. The second kappa shape index (κ2) is 8.96. The van der Waals surface area contributed by atoms with Crippen LogP contribution >= 0.6 is 0 Å². The number of benzene rings is 2. The minimum absolute atomic E-state index is 0.0596. The highest BCUT2D eigenvalue weighted by Gasteiger charge is 2.30. The monoisotopic (exact) mass is 446 g/mol. The standard InChI is InChI=1S/C23H18F4N2O3/c24-17-5-1-3-14(9-17)20-10-15(21(30)29-18-7-8-31-13-18)12-28-22(20)32-19-6-2-4-16(11-19)23(25,26)27/h1-6,9-12,18H,7-8,13H2,(H,29,30)/t18-/m1/s1. The van der Waals surface area contributed by atoms with Crippen molar-refractivity contribution in [2.75, 3.05) is 13.2 Å². The lowest BCUT2D eigenvalue weighted by molar-refractivity contribution is -0.137. The molecule has 1 atom stereocenters. The van der Waals surface area contributed by atoms with Crippen molar-refractivity contribution in [2.24, 2.45) is 0 Å². The number of aromatic nitrogens is 1. The number of rotatable bonds is 5. The van der Waals surface area contributed by atoms with E-state index in [0.717, 1.165) is 12.1 Å². The Kier molecular flexibility index (Phi) is 6.09. The molecule has 5 nitrogen and oxygen atoms in total. The van der Waals surface area contributed by atoms with E-state index in [1.165, 1.54) is 42.6 Å². The summed E-state index contributed by atoms with van der Waals surface area (Å²) in [6.07, 6.45) is -2.59. The molecular weight excluding hydrogens is 428 g/mol. The first-order valence-electron chi connectivity index (χ1n) is 9.79. The molecule has 4 rings (SSSR count). The van der Waals surface area contributed by atoms with E-state index in [4.69, 9.17) is 9.47 Å². The summed E-state index contributed by atoms with van der Waals surface area (Å²) >= 11 is 0. The van der Waals surface area contributed by atoms with Crippen LogP contribution in [0, 0.1) is 5.82 Å². The van der Waals surface area contributed by atoms with Crippen molar-refractivity contribution in [3.8, 4) is 22.8 Å². The van der Waals surface area contributed by atoms with Crippen LogP contribution in [0.1, 0.15) is 22.3 Å². The lowest BCUT2D eigenvalue weighted by atomic mass is 10.0. The topological polar surface area (TPSA) is 60.5 Å². The highest BCUT2D eigenvalue weighted by Crippen LogP contribution is 2.35. The number of alkyl halides is 3. The van der Waals surface area contributed by atoms with Gasteiger partial charge in [-0.3, -0.25) is 4.79 Å². The van der Waals surface area contributed by atoms with Crippen molar-refractivity contribution in [1.29, 1.82) is 0 Å². The maximum atomic E-state index is 13.8. The third-order valence-corrected chi connectivity index (χ3v) is 4.89. The van der Waals surface area contributed by atoms with Crippen molar-refractivity contribution in [3.63, 3.8) is 0 Å². The van der Waals surface area contributed by atoms with Gasteiger partial charge in [0.15, 0.2) is 0 Å². The van der Waals surface area contributed by atoms with Crippen LogP contribution in [-0.4, -0.2) is 30.1 Å². The third kappa shape index (κ3) is 5.05. The molecule has 3 aromatic rings. The zero-order valence-corrected chi connectivity index (χ0v) is 16.7. The fourth-order valence-electron chi connectivity index (χ4n) is 3.29. The molecule has 1 aliphatic rings. The zero-order valence-electron chi connectivity index (χ0n) is 16.7. The molecule has 32 heavy (non-hydrogen) atoms. The summed E-state index contributed by atoms with van der Waals surface area (Å²) in [5.74, 6) is -1.07. The van der Waals surface area contributed by atoms with Gasteiger partial charge in [-0.2, -0.15) is 13.2 Å². The minimum atomic E-state index is -4.54. The molecule has 2 aromatic carbocycles. The van der Waals surface area contributed by atoms with Crippen molar-refractivity contribution in [2.45, 2.75) is 18.6 Å². The predicted molar refractivity (Wildman–Crippen MR) is 108 cm³/mol. The van der Waals surface area contributed by atoms with Gasteiger partial charge in [-0.15, -0.1) is 0 Å². The summed E-state index contributed by atoms with van der Waals surface area (Å²) in [5, 5.41) is 2.83. The summed E-state index contributed by atoms with van der Waals surface area (Å²) in [7, 11) is 0. The van der Waals surface area contributed by atoms with Gasteiger partial charge in [-0.05, 0) is 48.4 Å². The van der Waals surface area contributed by atoms with Gasteiger partial charge in [0.2, 0.25) is 5.88 Å². The number of pyridine rings is 1. The summed E-state index contributed by atoms with van der Waals surface area (Å²) in [4.78, 5) is 16.8. The Morgan fingerprint density at radius 2 is 1.94 bits per heavy atom. The SMILES string of the molecule is O=C(N[C@@H]1CCOC1)c1cnc(Oc2cccc(C(F)(F)F)c2)c(-c2cccc(F)c2)c1. The number of nitrogens with one attached hydrogen (secondary N) is 1. The molecule has 9 heteroatoms. The average molecular weight is 446 g/mol. The van der Waals surface area contributed by atoms with Crippen LogP contribution in [0.5, 0.6) is 11.6 Å². The van der Waals surface area contributed by atoms with Crippen LogP contribution in [0.15, 0.2) is 60.8 Å². The molecule has 1 fully saturated rings. The Morgan fingerprint density at radius 1 is 1.12 bits per heavy atom. The first kappa shape index (κ1) is 21.8. The van der Waals surface area contributed by atoms with Gasteiger partial charge in [0.25, 0.3) is 5.91 Å². The number of nitrogens with zero attached hydrogens (tertiary/aromatic N) is 1. The predicted octanol–water partition coefficient (Wildman–Crippen LogP) is 5.22. The molecule has 0 aliphatic carbocycles. The highest BCUT2D eigenvalue weighted by atomic mass is 19.4. The third-order valence-electron chi connectivity index (χ3n) is 4.89. The second-order valence-electron chi connectivity index (χ2n) is 7.25. The van der Waals surface area contributed by atoms with Crippen LogP contribution in [0.4, 0.5) is 17.6 Å². The van der Waals surface area contributed by atoms with E-state index in [0.29, 0.717) is 25.2 Å². The summed E-state index contributed by atoms with van der Waals surface area (Å²) in [6, 6.07) is 11.2. The number of halogens is 4. The van der Waals surface area contributed by atoms with E-state index in [-0.39, 0.29) is 28.8 Å². The van der Waals surface area contributed by atoms with E-state index < -0.39 is 23.5 Å². The lowest BCUT2D eigenvalue weighted by Crippen LogP contribution is -2.35. The molecule has 1 aliphatic heterocycles. The summed E-state index contributed by atoms with van der Waals surface area (Å²) < 4.78 is 63.8. The normalized spacial score (nSPS) is 16.1. The molecule has 1 amide bonds. The van der Waals surface area contributed by atoms with E-state index in [9.17, 15) is 22.4 Å². The molecule has 0 radical (unpaired) electrons. The molecule has 0 bridgehead atoms. The van der Waals surface area contributed by atoms with E-state index >= 15 is 0 Å². The van der Waals surface area contributed by atoms with Gasteiger partial charge < -0.3 is 14.8 Å². The molecular formula is C23H18F4N2O3. The fraction of sp³-hybridized carbons (Fsp3) is 0.217. The largest absolute Gasteiger partial charge is 0.438 e. The van der Waals surface area contributed by atoms with E-state index in [2.05, 4.69) is 10.3 Å². The maximum Gasteiger partial charge on any atom is 0.416 e. The van der Waals surface area contributed by atoms with Crippen LogP contribution in [0.2, 0.25) is 0 Å². The minimum Gasteiger partial charge on any atom is -0.438 e. The Hall–Kier alpha value is -3.46. The van der Waals surface area contributed by atoms with Crippen molar-refractivity contribution in [1.82, 2.24) is 10.3 Å². The number of carbonyl (C=O) groups is 1. The van der Waals surface area contributed by atoms with Crippen LogP contribution in [-0.2, 0) is 10.9 Å². The first-order chi connectivity index (χ1) is 15.3. The number of amides is 1. The zero-order chi connectivity index (χ0) is 22.7. The van der Waals surface area contributed by atoms with Crippen LogP contribution < -0.4 is 10.1 Å².